The zero-order valence-electron chi connectivity index (χ0n) is 18.6. The minimum absolute atomic E-state index is 0.0716. The average molecular weight is 489 g/mol. The lowest BCUT2D eigenvalue weighted by atomic mass is 9.91. The third kappa shape index (κ3) is 4.49. The van der Waals surface area contributed by atoms with Gasteiger partial charge in [-0.3, -0.25) is 4.79 Å². The van der Waals surface area contributed by atoms with E-state index in [4.69, 9.17) is 5.73 Å². The number of carbonyl (C=O) groups excluding carboxylic acids is 2. The molecular formula is C22H25FN6O4S. The van der Waals surface area contributed by atoms with Crippen molar-refractivity contribution in [3.63, 3.8) is 0 Å². The van der Waals surface area contributed by atoms with Crippen LogP contribution in [0.2, 0.25) is 0 Å². The topological polar surface area (TPSA) is 142 Å². The largest absolute Gasteiger partial charge is 0.366 e. The monoisotopic (exact) mass is 488 g/mol. The predicted octanol–water partition coefficient (Wildman–Crippen LogP) is 1.78. The summed E-state index contributed by atoms with van der Waals surface area (Å²) in [6.45, 7) is 1.41. The molecule has 0 saturated carbocycles. The van der Waals surface area contributed by atoms with Crippen molar-refractivity contribution in [1.29, 1.82) is 5.26 Å². The number of primary amides is 1. The standard InChI is InChI=1S/C22H25FN6O4S/c1-34(32,33)28-8-6-14(7-9-28)20-17(12-24)19(21(25)30)18-13-27(10-11-29(18)20)22(31)26-16-4-2-15(23)3-5-16/h2-5,14H,6-11,13H2,1H3,(H2,25,30)(H,26,31). The van der Waals surface area contributed by atoms with Gasteiger partial charge in [0.1, 0.15) is 11.9 Å². The fourth-order valence-electron chi connectivity index (χ4n) is 4.76. The van der Waals surface area contributed by atoms with Crippen LogP contribution in [0.4, 0.5) is 14.9 Å². The molecule has 3 amide bonds. The second kappa shape index (κ2) is 9.08. The highest BCUT2D eigenvalue weighted by molar-refractivity contribution is 7.88. The Balaban J connectivity index is 1.62. The summed E-state index contributed by atoms with van der Waals surface area (Å²) in [6.07, 6.45) is 2.19. The summed E-state index contributed by atoms with van der Waals surface area (Å²) in [5.74, 6) is -1.28. The molecule has 34 heavy (non-hydrogen) atoms. The molecule has 180 valence electrons. The summed E-state index contributed by atoms with van der Waals surface area (Å²) in [5.41, 5.74) is 7.54. The molecule has 3 heterocycles. The van der Waals surface area contributed by atoms with E-state index >= 15 is 0 Å². The second-order valence-electron chi connectivity index (χ2n) is 8.50. The van der Waals surface area contributed by atoms with Gasteiger partial charge in [-0.05, 0) is 37.1 Å². The van der Waals surface area contributed by atoms with Crippen LogP contribution < -0.4 is 11.1 Å². The Morgan fingerprint density at radius 3 is 2.35 bits per heavy atom. The number of nitrogens with two attached hydrogens (primary N) is 1. The molecular weight excluding hydrogens is 463 g/mol. The second-order valence-corrected chi connectivity index (χ2v) is 10.5. The number of nitrogens with one attached hydrogen (secondary N) is 1. The van der Waals surface area contributed by atoms with Crippen molar-refractivity contribution in [2.45, 2.75) is 31.8 Å². The van der Waals surface area contributed by atoms with Crippen LogP contribution in [0.3, 0.4) is 0 Å². The van der Waals surface area contributed by atoms with Gasteiger partial charge in [-0.25, -0.2) is 21.9 Å². The van der Waals surface area contributed by atoms with Gasteiger partial charge < -0.3 is 20.5 Å². The van der Waals surface area contributed by atoms with Crippen LogP contribution in [-0.4, -0.2) is 60.0 Å². The highest BCUT2D eigenvalue weighted by Crippen LogP contribution is 2.37. The first-order chi connectivity index (χ1) is 16.1. The maximum absolute atomic E-state index is 13.1. The van der Waals surface area contributed by atoms with E-state index in [0.29, 0.717) is 56.1 Å². The number of hydrogen-bond acceptors (Lipinski definition) is 5. The molecule has 3 N–H and O–H groups in total. The van der Waals surface area contributed by atoms with Crippen molar-refractivity contribution in [2.24, 2.45) is 5.73 Å². The molecule has 0 aliphatic carbocycles. The highest BCUT2D eigenvalue weighted by atomic mass is 32.2. The van der Waals surface area contributed by atoms with Crippen molar-refractivity contribution in [3.8, 4) is 6.07 Å². The number of aromatic nitrogens is 1. The van der Waals surface area contributed by atoms with Crippen molar-refractivity contribution < 1.29 is 22.4 Å². The van der Waals surface area contributed by atoms with Gasteiger partial charge in [0.15, 0.2) is 0 Å². The van der Waals surface area contributed by atoms with E-state index in [-0.39, 0.29) is 23.6 Å². The lowest BCUT2D eigenvalue weighted by molar-refractivity contribution is 0.0996. The Bertz CT molecular complexity index is 1270. The lowest BCUT2D eigenvalue weighted by Gasteiger charge is -2.34. The van der Waals surface area contributed by atoms with E-state index in [1.54, 1.807) is 0 Å². The van der Waals surface area contributed by atoms with E-state index in [1.807, 2.05) is 4.57 Å². The summed E-state index contributed by atoms with van der Waals surface area (Å²) >= 11 is 0. The smallest absolute Gasteiger partial charge is 0.322 e. The normalized spacial score (nSPS) is 17.1. The molecule has 1 aromatic carbocycles. The number of urea groups is 1. The average Bonchev–Trinajstić information content (AvgIpc) is 3.13. The number of hydrogen-bond donors (Lipinski definition) is 2. The number of halogens is 1. The quantitative estimate of drug-likeness (QED) is 0.675. The van der Waals surface area contributed by atoms with Gasteiger partial charge in [0.2, 0.25) is 10.0 Å². The third-order valence-electron chi connectivity index (χ3n) is 6.40. The van der Waals surface area contributed by atoms with Crippen LogP contribution in [0.1, 0.15) is 46.1 Å². The van der Waals surface area contributed by atoms with Crippen LogP contribution >= 0.6 is 0 Å². The summed E-state index contributed by atoms with van der Waals surface area (Å²) < 4.78 is 40.2. The number of benzene rings is 1. The molecule has 2 aliphatic rings. The van der Waals surface area contributed by atoms with Crippen LogP contribution in [0.25, 0.3) is 0 Å². The van der Waals surface area contributed by atoms with Gasteiger partial charge in [0.05, 0.1) is 29.6 Å². The molecule has 0 bridgehead atoms. The summed E-state index contributed by atoms with van der Waals surface area (Å²) in [5, 5.41) is 12.6. The molecule has 1 saturated heterocycles. The molecule has 1 aromatic heterocycles. The van der Waals surface area contributed by atoms with Crippen LogP contribution in [-0.2, 0) is 23.1 Å². The Morgan fingerprint density at radius 1 is 1.15 bits per heavy atom. The fourth-order valence-corrected chi connectivity index (χ4v) is 5.64. The molecule has 1 fully saturated rings. The molecule has 0 spiro atoms. The molecule has 12 heteroatoms. The number of rotatable bonds is 4. The van der Waals surface area contributed by atoms with Crippen molar-refractivity contribution >= 4 is 27.6 Å². The van der Waals surface area contributed by atoms with Gasteiger partial charge in [-0.1, -0.05) is 0 Å². The van der Waals surface area contributed by atoms with E-state index in [0.717, 1.165) is 0 Å². The third-order valence-corrected chi connectivity index (χ3v) is 7.70. The number of anilines is 1. The SMILES string of the molecule is CS(=O)(=O)N1CCC(c2c(C#N)c(C(N)=O)c3n2CCN(C(=O)Nc2ccc(F)cc2)C3)CC1. The van der Waals surface area contributed by atoms with Gasteiger partial charge >= 0.3 is 6.03 Å². The van der Waals surface area contributed by atoms with Gasteiger partial charge in [-0.15, -0.1) is 0 Å². The van der Waals surface area contributed by atoms with E-state index in [1.165, 1.54) is 39.7 Å². The zero-order valence-corrected chi connectivity index (χ0v) is 19.4. The minimum atomic E-state index is -3.30. The first kappa shape index (κ1) is 23.7. The van der Waals surface area contributed by atoms with Crippen LogP contribution in [0.15, 0.2) is 24.3 Å². The first-order valence-corrected chi connectivity index (χ1v) is 12.7. The Labute approximate surface area is 196 Å². The van der Waals surface area contributed by atoms with Crippen molar-refractivity contribution in [1.82, 2.24) is 13.8 Å². The molecule has 4 rings (SSSR count). The number of nitriles is 1. The Morgan fingerprint density at radius 2 is 1.79 bits per heavy atom. The number of sulfonamides is 1. The van der Waals surface area contributed by atoms with Crippen LogP contribution in [0.5, 0.6) is 0 Å². The molecule has 10 nitrogen and oxygen atoms in total. The first-order valence-electron chi connectivity index (χ1n) is 10.8. The highest BCUT2D eigenvalue weighted by Gasteiger charge is 2.36. The number of amides is 3. The summed E-state index contributed by atoms with van der Waals surface area (Å²) in [7, 11) is -3.30. The minimum Gasteiger partial charge on any atom is -0.366 e. The number of fused-ring (bicyclic) bond motifs is 1. The van der Waals surface area contributed by atoms with E-state index < -0.39 is 27.8 Å². The van der Waals surface area contributed by atoms with E-state index in [9.17, 15) is 27.7 Å². The summed E-state index contributed by atoms with van der Waals surface area (Å²) in [4.78, 5) is 26.7. The van der Waals surface area contributed by atoms with Gasteiger partial charge in [0.25, 0.3) is 5.91 Å². The molecule has 2 aliphatic heterocycles. The molecule has 0 atom stereocenters. The summed E-state index contributed by atoms with van der Waals surface area (Å²) in [6, 6.07) is 7.08. The maximum atomic E-state index is 13.1. The predicted molar refractivity (Wildman–Crippen MR) is 122 cm³/mol. The number of nitrogens with zero attached hydrogens (tertiary/aromatic N) is 4. The van der Waals surface area contributed by atoms with Crippen molar-refractivity contribution in [2.75, 3.05) is 31.2 Å². The Kier molecular flexibility index (Phi) is 6.33. The van der Waals surface area contributed by atoms with Crippen LogP contribution in [0, 0.1) is 17.1 Å². The Hall–Kier alpha value is -3.43. The van der Waals surface area contributed by atoms with Gasteiger partial charge in [-0.2, -0.15) is 5.26 Å². The lowest BCUT2D eigenvalue weighted by Crippen LogP contribution is -2.42. The van der Waals surface area contributed by atoms with Crippen molar-refractivity contribution in [3.05, 3.63) is 52.6 Å². The van der Waals surface area contributed by atoms with Gasteiger partial charge in [0, 0.05) is 43.5 Å². The number of carbonyl (C=O) groups is 2. The molecule has 0 radical (unpaired) electrons. The maximum Gasteiger partial charge on any atom is 0.322 e. The zero-order chi connectivity index (χ0) is 24.6. The molecule has 2 aromatic rings. The number of piperidine rings is 1. The molecule has 0 unspecified atom stereocenters. The fraction of sp³-hybridized carbons (Fsp3) is 0.409. The van der Waals surface area contributed by atoms with E-state index in [2.05, 4.69) is 11.4 Å².